The predicted octanol–water partition coefficient (Wildman–Crippen LogP) is 1.92. The molecule has 0 saturated carbocycles. The summed E-state index contributed by atoms with van der Waals surface area (Å²) in [6, 6.07) is 0. The molecule has 0 amide bonds. The van der Waals surface area contributed by atoms with Crippen LogP contribution in [0.1, 0.15) is 33.6 Å². The normalized spacial score (nSPS) is 34.0. The van der Waals surface area contributed by atoms with Gasteiger partial charge in [-0.2, -0.15) is 0 Å². The number of allylic oxidation sites excluding steroid dienone is 2. The lowest BCUT2D eigenvalue weighted by molar-refractivity contribution is 0.347. The third kappa shape index (κ3) is 1.63. The Labute approximate surface area is 80.7 Å². The fourth-order valence-corrected chi connectivity index (χ4v) is 2.02. The number of nitrogens with two attached hydrogens (primary N) is 2. The first-order valence-corrected chi connectivity index (χ1v) is 4.99. The third-order valence-corrected chi connectivity index (χ3v) is 3.14. The molecule has 1 aliphatic rings. The Balaban J connectivity index is 3.03. The van der Waals surface area contributed by atoms with Crippen LogP contribution in [0.4, 0.5) is 0 Å². The summed E-state index contributed by atoms with van der Waals surface area (Å²) >= 11 is 0. The molecule has 0 spiro atoms. The van der Waals surface area contributed by atoms with Gasteiger partial charge < -0.3 is 11.5 Å². The van der Waals surface area contributed by atoms with Crippen LogP contribution in [-0.2, 0) is 0 Å². The van der Waals surface area contributed by atoms with Crippen molar-refractivity contribution in [3.05, 3.63) is 23.4 Å². The summed E-state index contributed by atoms with van der Waals surface area (Å²) in [5, 5.41) is 0. The van der Waals surface area contributed by atoms with Crippen molar-refractivity contribution in [1.82, 2.24) is 0 Å². The highest BCUT2D eigenvalue weighted by Crippen LogP contribution is 2.33. The molecule has 0 fully saturated rings. The zero-order chi connectivity index (χ0) is 10.1. The van der Waals surface area contributed by atoms with E-state index in [0.29, 0.717) is 5.92 Å². The number of rotatable bonds is 2. The molecule has 13 heavy (non-hydrogen) atoms. The van der Waals surface area contributed by atoms with Crippen LogP contribution < -0.4 is 11.5 Å². The molecule has 0 heterocycles. The second-order valence-corrected chi connectivity index (χ2v) is 3.90. The average Bonchev–Trinajstić information content (AvgIpc) is 2.13. The van der Waals surface area contributed by atoms with Crippen molar-refractivity contribution in [3.8, 4) is 0 Å². The minimum Gasteiger partial charge on any atom is -0.402 e. The van der Waals surface area contributed by atoms with E-state index in [4.69, 9.17) is 11.5 Å². The van der Waals surface area contributed by atoms with Gasteiger partial charge in [0.05, 0.1) is 0 Å². The SMILES string of the molecule is CCC1C(N)=C(C)C=CC1(N)CC. The van der Waals surface area contributed by atoms with Crippen molar-refractivity contribution in [2.24, 2.45) is 17.4 Å². The third-order valence-electron chi connectivity index (χ3n) is 3.14. The monoisotopic (exact) mass is 180 g/mol. The topological polar surface area (TPSA) is 52.0 Å². The van der Waals surface area contributed by atoms with E-state index in [-0.39, 0.29) is 5.54 Å². The Morgan fingerprint density at radius 1 is 1.46 bits per heavy atom. The Morgan fingerprint density at radius 2 is 2.08 bits per heavy atom. The Bertz CT molecular complexity index is 253. The van der Waals surface area contributed by atoms with Gasteiger partial charge in [-0.25, -0.2) is 0 Å². The van der Waals surface area contributed by atoms with E-state index >= 15 is 0 Å². The second-order valence-electron chi connectivity index (χ2n) is 3.90. The molecule has 0 aromatic heterocycles. The smallest absolute Gasteiger partial charge is 0.0423 e. The van der Waals surface area contributed by atoms with Crippen molar-refractivity contribution < 1.29 is 0 Å². The summed E-state index contributed by atoms with van der Waals surface area (Å²) in [7, 11) is 0. The van der Waals surface area contributed by atoms with Gasteiger partial charge in [-0.05, 0) is 25.3 Å². The molecule has 2 unspecified atom stereocenters. The average molecular weight is 180 g/mol. The van der Waals surface area contributed by atoms with Crippen LogP contribution in [0.2, 0.25) is 0 Å². The molecule has 1 aliphatic carbocycles. The molecule has 2 atom stereocenters. The van der Waals surface area contributed by atoms with Crippen molar-refractivity contribution in [3.63, 3.8) is 0 Å². The molecule has 2 heteroatoms. The van der Waals surface area contributed by atoms with Crippen LogP contribution in [0.15, 0.2) is 23.4 Å². The first kappa shape index (κ1) is 10.3. The van der Waals surface area contributed by atoms with E-state index in [9.17, 15) is 0 Å². The molecule has 0 aromatic rings. The molecule has 0 aromatic carbocycles. The van der Waals surface area contributed by atoms with Gasteiger partial charge >= 0.3 is 0 Å². The molecule has 4 N–H and O–H groups in total. The summed E-state index contributed by atoms with van der Waals surface area (Å²) in [6.07, 6.45) is 6.10. The van der Waals surface area contributed by atoms with Gasteiger partial charge in [0, 0.05) is 17.2 Å². The van der Waals surface area contributed by atoms with Crippen LogP contribution >= 0.6 is 0 Å². The Kier molecular flexibility index (Phi) is 2.81. The Morgan fingerprint density at radius 3 is 2.54 bits per heavy atom. The van der Waals surface area contributed by atoms with E-state index in [1.807, 2.05) is 13.0 Å². The lowest BCUT2D eigenvalue weighted by atomic mass is 9.74. The fourth-order valence-electron chi connectivity index (χ4n) is 2.02. The molecule has 0 aliphatic heterocycles. The van der Waals surface area contributed by atoms with Gasteiger partial charge in [0.15, 0.2) is 0 Å². The highest BCUT2D eigenvalue weighted by atomic mass is 14.8. The minimum absolute atomic E-state index is 0.224. The van der Waals surface area contributed by atoms with Gasteiger partial charge in [0.2, 0.25) is 0 Å². The summed E-state index contributed by atoms with van der Waals surface area (Å²) in [5.74, 6) is 0.308. The van der Waals surface area contributed by atoms with E-state index in [1.165, 1.54) is 5.57 Å². The minimum atomic E-state index is -0.224. The summed E-state index contributed by atoms with van der Waals surface area (Å²) in [4.78, 5) is 0. The summed E-state index contributed by atoms with van der Waals surface area (Å²) in [5.41, 5.74) is 14.2. The van der Waals surface area contributed by atoms with Crippen LogP contribution in [-0.4, -0.2) is 5.54 Å². The van der Waals surface area contributed by atoms with Crippen molar-refractivity contribution in [1.29, 1.82) is 0 Å². The maximum atomic E-state index is 6.26. The Hall–Kier alpha value is -0.760. The second kappa shape index (κ2) is 3.54. The lowest BCUT2D eigenvalue weighted by Gasteiger charge is -2.37. The number of hydrogen-bond donors (Lipinski definition) is 2. The molecule has 0 saturated heterocycles. The number of hydrogen-bond acceptors (Lipinski definition) is 2. The highest BCUT2D eigenvalue weighted by molar-refractivity contribution is 5.34. The molecule has 0 bridgehead atoms. The van der Waals surface area contributed by atoms with Crippen LogP contribution in [0.5, 0.6) is 0 Å². The zero-order valence-corrected chi connectivity index (χ0v) is 8.80. The first-order valence-electron chi connectivity index (χ1n) is 4.99. The summed E-state index contributed by atoms with van der Waals surface area (Å²) < 4.78 is 0. The molecular formula is C11H20N2. The first-order chi connectivity index (χ1) is 6.05. The van der Waals surface area contributed by atoms with Crippen molar-refractivity contribution >= 4 is 0 Å². The fraction of sp³-hybridized carbons (Fsp3) is 0.636. The van der Waals surface area contributed by atoms with Crippen LogP contribution in [0.25, 0.3) is 0 Å². The van der Waals surface area contributed by atoms with Gasteiger partial charge in [-0.1, -0.05) is 26.0 Å². The van der Waals surface area contributed by atoms with E-state index in [1.54, 1.807) is 0 Å². The molecule has 1 rings (SSSR count). The standard InChI is InChI=1S/C11H20N2/c1-4-9-10(12)8(3)6-7-11(9,13)5-2/h6-7,9H,4-5,12-13H2,1-3H3. The van der Waals surface area contributed by atoms with Crippen molar-refractivity contribution in [2.45, 2.75) is 39.2 Å². The maximum absolute atomic E-state index is 6.26. The van der Waals surface area contributed by atoms with Crippen LogP contribution in [0.3, 0.4) is 0 Å². The summed E-state index contributed by atoms with van der Waals surface area (Å²) in [6.45, 7) is 6.30. The maximum Gasteiger partial charge on any atom is 0.0423 e. The van der Waals surface area contributed by atoms with Crippen molar-refractivity contribution in [2.75, 3.05) is 0 Å². The van der Waals surface area contributed by atoms with E-state index in [2.05, 4.69) is 19.9 Å². The van der Waals surface area contributed by atoms with Crippen LogP contribution in [0, 0.1) is 5.92 Å². The zero-order valence-electron chi connectivity index (χ0n) is 8.80. The van der Waals surface area contributed by atoms with Gasteiger partial charge in [-0.3, -0.25) is 0 Å². The quantitative estimate of drug-likeness (QED) is 0.682. The van der Waals surface area contributed by atoms with Gasteiger partial charge in [0.25, 0.3) is 0 Å². The largest absolute Gasteiger partial charge is 0.402 e. The predicted molar refractivity (Wildman–Crippen MR) is 57.0 cm³/mol. The molecule has 74 valence electrons. The van der Waals surface area contributed by atoms with Gasteiger partial charge in [-0.15, -0.1) is 0 Å². The highest BCUT2D eigenvalue weighted by Gasteiger charge is 2.33. The lowest BCUT2D eigenvalue weighted by Crippen LogP contribution is -2.48. The molecule has 2 nitrogen and oxygen atoms in total. The van der Waals surface area contributed by atoms with E-state index in [0.717, 1.165) is 18.5 Å². The molecular weight excluding hydrogens is 160 g/mol. The molecule has 0 radical (unpaired) electrons. The van der Waals surface area contributed by atoms with Gasteiger partial charge in [0.1, 0.15) is 0 Å². The van der Waals surface area contributed by atoms with E-state index < -0.39 is 0 Å².